The van der Waals surface area contributed by atoms with E-state index in [0.717, 1.165) is 5.69 Å². The molecule has 0 unspecified atom stereocenters. The Bertz CT molecular complexity index is 1210. The molecule has 2 aliphatic rings. The first-order chi connectivity index (χ1) is 17.6. The molecule has 37 heavy (non-hydrogen) atoms. The fourth-order valence-electron chi connectivity index (χ4n) is 5.19. The summed E-state index contributed by atoms with van der Waals surface area (Å²) in [5, 5.41) is 0. The predicted octanol–water partition coefficient (Wildman–Crippen LogP) is 2.78. The van der Waals surface area contributed by atoms with Crippen LogP contribution in [0.1, 0.15) is 47.4 Å². The van der Waals surface area contributed by atoms with Crippen LogP contribution < -0.4 is 4.90 Å². The fourth-order valence-corrected chi connectivity index (χ4v) is 5.19. The van der Waals surface area contributed by atoms with Crippen LogP contribution in [-0.4, -0.2) is 83.4 Å². The Hall–Kier alpha value is -3.88. The molecule has 0 aliphatic carbocycles. The van der Waals surface area contributed by atoms with E-state index in [1.165, 1.54) is 9.80 Å². The number of fused-ring (bicyclic) bond motifs is 1. The van der Waals surface area contributed by atoms with E-state index in [2.05, 4.69) is 0 Å². The Balaban J connectivity index is 1.55. The van der Waals surface area contributed by atoms with E-state index in [9.17, 15) is 24.1 Å². The van der Waals surface area contributed by atoms with Gasteiger partial charge in [0.2, 0.25) is 0 Å². The van der Waals surface area contributed by atoms with Gasteiger partial charge in [-0.25, -0.2) is 4.79 Å². The van der Waals surface area contributed by atoms with E-state index in [0.29, 0.717) is 12.0 Å². The van der Waals surface area contributed by atoms with Crippen molar-refractivity contribution in [2.24, 2.45) is 5.92 Å². The minimum atomic E-state index is -1.26. The lowest BCUT2D eigenvalue weighted by Gasteiger charge is -2.25. The number of carbonyl (C=O) groups is 4. The average molecular weight is 506 g/mol. The molecular formula is C28H33N4O5+. The number of nitroso groups, excluding NO2 is 1. The second-order valence-electron chi connectivity index (χ2n) is 10.3. The Morgan fingerprint density at radius 2 is 1.62 bits per heavy atom. The molecule has 2 fully saturated rings. The molecular weight excluding hydrogens is 472 g/mol. The van der Waals surface area contributed by atoms with Crippen molar-refractivity contribution in [2.75, 3.05) is 32.1 Å². The van der Waals surface area contributed by atoms with E-state index in [4.69, 9.17) is 0 Å². The van der Waals surface area contributed by atoms with Gasteiger partial charge >= 0.3 is 5.91 Å². The lowest BCUT2D eigenvalue weighted by atomic mass is 10.0. The van der Waals surface area contributed by atoms with Crippen molar-refractivity contribution < 1.29 is 23.9 Å². The molecule has 0 saturated carbocycles. The molecule has 0 N–H and O–H groups in total. The molecule has 9 heteroatoms. The summed E-state index contributed by atoms with van der Waals surface area (Å²) in [4.78, 5) is 71.0. The summed E-state index contributed by atoms with van der Waals surface area (Å²) in [5.74, 6) is -1.86. The normalized spacial score (nSPS) is 19.6. The standard InChI is InChI=1S/C28H33N4O5/c1-18(2)16-23(32(37)27(35)20-10-12-21(13-11-20)29(3)4)28(36)30-15-14-22-25(30)24(33)17-31(22)26(34)19-8-6-5-7-9-19/h5-13,18,22-23,25H,14-17H2,1-4H3/q+1/t22-,23+,25+/m1/s1. The summed E-state index contributed by atoms with van der Waals surface area (Å²) in [6.07, 6.45) is 0.604. The topological polar surface area (TPSA) is 98.1 Å². The van der Waals surface area contributed by atoms with Gasteiger partial charge in [-0.15, -0.1) is 0 Å². The molecule has 194 valence electrons. The van der Waals surface area contributed by atoms with Gasteiger partial charge in [-0.3, -0.25) is 14.4 Å². The molecule has 2 saturated heterocycles. The van der Waals surface area contributed by atoms with E-state index in [-0.39, 0.29) is 47.4 Å². The minimum Gasteiger partial charge on any atom is -0.378 e. The van der Waals surface area contributed by atoms with E-state index in [1.807, 2.05) is 38.9 Å². The van der Waals surface area contributed by atoms with Gasteiger partial charge in [0.25, 0.3) is 17.9 Å². The highest BCUT2D eigenvalue weighted by molar-refractivity contribution is 6.02. The van der Waals surface area contributed by atoms with Crippen LogP contribution in [0.3, 0.4) is 0 Å². The zero-order chi connectivity index (χ0) is 26.9. The van der Waals surface area contributed by atoms with Crippen LogP contribution in [0, 0.1) is 10.8 Å². The SMILES string of the molecule is CC(C)C[C@@H](C(=O)N1CC[C@@H]2[C@H]1C(=O)CN2C(=O)c1ccccc1)[N+](=O)C(=O)c1ccc(N(C)C)cc1. The van der Waals surface area contributed by atoms with Crippen molar-refractivity contribution in [1.29, 1.82) is 0 Å². The zero-order valence-corrected chi connectivity index (χ0v) is 21.7. The first kappa shape index (κ1) is 26.2. The number of nitrogens with zero attached hydrogens (tertiary/aromatic N) is 4. The summed E-state index contributed by atoms with van der Waals surface area (Å²) in [7, 11) is 3.74. The highest BCUT2D eigenvalue weighted by Crippen LogP contribution is 2.32. The van der Waals surface area contributed by atoms with Gasteiger partial charge in [0.1, 0.15) is 6.04 Å². The first-order valence-corrected chi connectivity index (χ1v) is 12.6. The number of Topliss-reactive ketones (excluding diaryl/α,β-unsaturated/α-hetero) is 1. The minimum absolute atomic E-state index is 0.0387. The molecule has 3 atom stereocenters. The molecule has 0 bridgehead atoms. The molecule has 2 aromatic rings. The summed E-state index contributed by atoms with van der Waals surface area (Å²) in [6.45, 7) is 3.91. The molecule has 0 spiro atoms. The predicted molar refractivity (Wildman–Crippen MR) is 138 cm³/mol. The highest BCUT2D eigenvalue weighted by Gasteiger charge is 2.54. The van der Waals surface area contributed by atoms with Crippen LogP contribution >= 0.6 is 0 Å². The zero-order valence-electron chi connectivity index (χ0n) is 21.7. The summed E-state index contributed by atoms with van der Waals surface area (Å²) in [5.41, 5.74) is 1.55. The molecule has 4 rings (SSSR count). The van der Waals surface area contributed by atoms with E-state index >= 15 is 0 Å². The number of carbonyl (C=O) groups excluding carboxylic acids is 4. The summed E-state index contributed by atoms with van der Waals surface area (Å²) >= 11 is 0. The van der Waals surface area contributed by atoms with Gasteiger partial charge < -0.3 is 14.7 Å². The number of amides is 3. The van der Waals surface area contributed by atoms with Gasteiger partial charge in [-0.05, 0) is 48.7 Å². The molecule has 2 aromatic carbocycles. The molecule has 2 heterocycles. The number of benzene rings is 2. The number of rotatable bonds is 7. The van der Waals surface area contributed by atoms with Crippen molar-refractivity contribution in [2.45, 2.75) is 44.8 Å². The smallest absolute Gasteiger partial charge is 0.378 e. The van der Waals surface area contributed by atoms with Crippen LogP contribution in [0.4, 0.5) is 5.69 Å². The van der Waals surface area contributed by atoms with E-state index in [1.54, 1.807) is 48.5 Å². The highest BCUT2D eigenvalue weighted by atomic mass is 16.3. The van der Waals surface area contributed by atoms with Gasteiger partial charge in [-0.2, -0.15) is 0 Å². The third kappa shape index (κ3) is 5.16. The molecule has 9 nitrogen and oxygen atoms in total. The Morgan fingerprint density at radius 3 is 2.22 bits per heavy atom. The van der Waals surface area contributed by atoms with Gasteiger partial charge in [0.05, 0.1) is 22.9 Å². The number of anilines is 1. The fraction of sp³-hybridized carbons (Fsp3) is 0.429. The van der Waals surface area contributed by atoms with Crippen LogP contribution in [0.5, 0.6) is 0 Å². The number of ketones is 1. The van der Waals surface area contributed by atoms with E-state index < -0.39 is 29.9 Å². The van der Waals surface area contributed by atoms with Gasteiger partial charge in [-0.1, -0.05) is 32.0 Å². The third-order valence-corrected chi connectivity index (χ3v) is 7.08. The lowest BCUT2D eigenvalue weighted by molar-refractivity contribution is -0.482. The van der Waals surface area contributed by atoms with Crippen molar-refractivity contribution in [3.8, 4) is 0 Å². The van der Waals surface area contributed by atoms with Crippen molar-refractivity contribution in [1.82, 2.24) is 9.80 Å². The molecule has 0 radical (unpaired) electrons. The monoisotopic (exact) mass is 505 g/mol. The Kier molecular flexibility index (Phi) is 7.52. The first-order valence-electron chi connectivity index (χ1n) is 12.6. The summed E-state index contributed by atoms with van der Waals surface area (Å²) in [6, 6.07) is 12.8. The lowest BCUT2D eigenvalue weighted by Crippen LogP contribution is -2.51. The Morgan fingerprint density at radius 1 is 0.973 bits per heavy atom. The molecule has 3 amide bonds. The largest absolute Gasteiger partial charge is 0.466 e. The third-order valence-electron chi connectivity index (χ3n) is 7.08. The molecule has 0 aromatic heterocycles. The van der Waals surface area contributed by atoms with Crippen LogP contribution in [-0.2, 0) is 9.59 Å². The number of hydrogen-bond donors (Lipinski definition) is 0. The summed E-state index contributed by atoms with van der Waals surface area (Å²) < 4.78 is 0.257. The second-order valence-corrected chi connectivity index (χ2v) is 10.3. The van der Waals surface area contributed by atoms with Crippen LogP contribution in [0.2, 0.25) is 0 Å². The van der Waals surface area contributed by atoms with Gasteiger partial charge in [0.15, 0.2) is 5.78 Å². The molecule has 2 aliphatic heterocycles. The number of likely N-dealkylation sites (tertiary alicyclic amines) is 2. The van der Waals surface area contributed by atoms with Crippen molar-refractivity contribution in [3.05, 3.63) is 70.6 Å². The average Bonchev–Trinajstić information content (AvgIpc) is 3.47. The maximum absolute atomic E-state index is 13.7. The van der Waals surface area contributed by atoms with Gasteiger partial charge in [0, 0.05) is 43.2 Å². The second kappa shape index (κ2) is 10.6. The maximum atomic E-state index is 13.7. The Labute approximate surface area is 216 Å². The van der Waals surface area contributed by atoms with Crippen LogP contribution in [0.25, 0.3) is 0 Å². The maximum Gasteiger partial charge on any atom is 0.466 e. The number of hydrogen-bond acceptors (Lipinski definition) is 6. The van der Waals surface area contributed by atoms with Crippen LogP contribution in [0.15, 0.2) is 54.6 Å². The van der Waals surface area contributed by atoms with Crippen molar-refractivity contribution in [3.63, 3.8) is 0 Å². The van der Waals surface area contributed by atoms with Crippen molar-refractivity contribution >= 4 is 29.2 Å². The quantitative estimate of drug-likeness (QED) is 0.537.